The molecule has 2 aliphatic rings. The zero-order chi connectivity index (χ0) is 15.7. The standard InChI is InChI=1S/C16H22N2O2S2/c1-3-11(2)15(19)18-10-21-9-13(18)16(20)17-6-4-14-12(8-17)5-7-22-14/h5,7,11,13H,3-4,6,8-10H2,1-2H3/t11-,13+/m1/s1. The third-order valence-electron chi connectivity index (χ3n) is 4.60. The average molecular weight is 338 g/mol. The number of carbonyl (C=O) groups excluding carboxylic acids is 2. The van der Waals surface area contributed by atoms with E-state index >= 15 is 0 Å². The summed E-state index contributed by atoms with van der Waals surface area (Å²) in [5.74, 6) is 1.63. The second-order valence-electron chi connectivity index (χ2n) is 6.01. The first-order valence-corrected chi connectivity index (χ1v) is 9.87. The third kappa shape index (κ3) is 2.91. The van der Waals surface area contributed by atoms with Crippen LogP contribution in [0.25, 0.3) is 0 Å². The SMILES string of the molecule is CC[C@@H](C)C(=O)N1CSC[C@H]1C(=O)N1CCc2sccc2C1. The van der Waals surface area contributed by atoms with Crippen molar-refractivity contribution in [2.75, 3.05) is 18.2 Å². The van der Waals surface area contributed by atoms with E-state index in [1.165, 1.54) is 10.4 Å². The van der Waals surface area contributed by atoms with Crippen molar-refractivity contribution in [2.45, 2.75) is 39.3 Å². The van der Waals surface area contributed by atoms with Gasteiger partial charge in [-0.3, -0.25) is 9.59 Å². The molecule has 6 heteroatoms. The van der Waals surface area contributed by atoms with Gasteiger partial charge in [-0.1, -0.05) is 13.8 Å². The average Bonchev–Trinajstić information content (AvgIpc) is 3.20. The summed E-state index contributed by atoms with van der Waals surface area (Å²) in [5, 5.41) is 2.10. The minimum Gasteiger partial charge on any atom is -0.336 e. The van der Waals surface area contributed by atoms with E-state index in [0.29, 0.717) is 12.4 Å². The molecule has 0 unspecified atom stereocenters. The van der Waals surface area contributed by atoms with Crippen LogP contribution in [0, 0.1) is 5.92 Å². The van der Waals surface area contributed by atoms with Gasteiger partial charge < -0.3 is 9.80 Å². The van der Waals surface area contributed by atoms with E-state index in [9.17, 15) is 9.59 Å². The Morgan fingerprint density at radius 1 is 1.45 bits per heavy atom. The zero-order valence-electron chi connectivity index (χ0n) is 13.1. The van der Waals surface area contributed by atoms with Crippen molar-refractivity contribution in [3.05, 3.63) is 21.9 Å². The number of thioether (sulfide) groups is 1. The summed E-state index contributed by atoms with van der Waals surface area (Å²) in [6.07, 6.45) is 1.76. The summed E-state index contributed by atoms with van der Waals surface area (Å²) >= 11 is 3.46. The summed E-state index contributed by atoms with van der Waals surface area (Å²) in [6.45, 7) is 5.44. The topological polar surface area (TPSA) is 40.6 Å². The number of rotatable bonds is 3. The van der Waals surface area contributed by atoms with E-state index < -0.39 is 0 Å². The van der Waals surface area contributed by atoms with Gasteiger partial charge in [0.25, 0.3) is 0 Å². The molecule has 1 fully saturated rings. The Labute approximate surface area is 139 Å². The second-order valence-corrected chi connectivity index (χ2v) is 8.01. The van der Waals surface area contributed by atoms with E-state index in [1.54, 1.807) is 28.0 Å². The molecule has 0 spiro atoms. The molecule has 3 heterocycles. The zero-order valence-corrected chi connectivity index (χ0v) is 14.7. The molecule has 0 aromatic carbocycles. The fourth-order valence-electron chi connectivity index (χ4n) is 2.97. The second kappa shape index (κ2) is 6.62. The Morgan fingerprint density at radius 3 is 3.05 bits per heavy atom. The fourth-order valence-corrected chi connectivity index (χ4v) is 5.01. The molecular weight excluding hydrogens is 316 g/mol. The van der Waals surface area contributed by atoms with Crippen LogP contribution in [0.2, 0.25) is 0 Å². The molecule has 1 aromatic rings. The highest BCUT2D eigenvalue weighted by Gasteiger charge is 2.38. The number of carbonyl (C=O) groups is 2. The van der Waals surface area contributed by atoms with Gasteiger partial charge in [-0.2, -0.15) is 0 Å². The monoisotopic (exact) mass is 338 g/mol. The third-order valence-corrected chi connectivity index (χ3v) is 6.64. The molecule has 0 bridgehead atoms. The van der Waals surface area contributed by atoms with Crippen molar-refractivity contribution >= 4 is 34.9 Å². The number of hydrogen-bond donors (Lipinski definition) is 0. The number of thiophene rings is 1. The molecule has 0 radical (unpaired) electrons. The van der Waals surface area contributed by atoms with Crippen LogP contribution < -0.4 is 0 Å². The lowest BCUT2D eigenvalue weighted by Gasteiger charge is -2.33. The largest absolute Gasteiger partial charge is 0.336 e. The summed E-state index contributed by atoms with van der Waals surface area (Å²) in [4.78, 5) is 30.5. The fraction of sp³-hybridized carbons (Fsp3) is 0.625. The number of fused-ring (bicyclic) bond motifs is 1. The first kappa shape index (κ1) is 15.9. The Kier molecular flexibility index (Phi) is 4.78. The van der Waals surface area contributed by atoms with Crippen molar-refractivity contribution in [3.8, 4) is 0 Å². The quantitative estimate of drug-likeness (QED) is 0.850. The van der Waals surface area contributed by atoms with Gasteiger partial charge in [0.05, 0.1) is 5.88 Å². The minimum atomic E-state index is -0.272. The van der Waals surface area contributed by atoms with Gasteiger partial charge in [0.15, 0.2) is 0 Å². The molecule has 0 N–H and O–H groups in total. The van der Waals surface area contributed by atoms with Crippen molar-refractivity contribution in [1.29, 1.82) is 0 Å². The summed E-state index contributed by atoms with van der Waals surface area (Å²) in [5.41, 5.74) is 1.27. The van der Waals surface area contributed by atoms with Gasteiger partial charge in [0.2, 0.25) is 11.8 Å². The molecular formula is C16H22N2O2S2. The lowest BCUT2D eigenvalue weighted by molar-refractivity contribution is -0.145. The highest BCUT2D eigenvalue weighted by molar-refractivity contribution is 7.99. The van der Waals surface area contributed by atoms with E-state index in [-0.39, 0.29) is 23.8 Å². The molecule has 22 heavy (non-hydrogen) atoms. The maximum atomic E-state index is 12.9. The number of nitrogens with zero attached hydrogens (tertiary/aromatic N) is 2. The van der Waals surface area contributed by atoms with Crippen LogP contribution in [0.5, 0.6) is 0 Å². The van der Waals surface area contributed by atoms with Gasteiger partial charge in [-0.15, -0.1) is 23.1 Å². The van der Waals surface area contributed by atoms with E-state index in [4.69, 9.17) is 0 Å². The Balaban J connectivity index is 1.70. The molecule has 0 aliphatic carbocycles. The summed E-state index contributed by atoms with van der Waals surface area (Å²) < 4.78 is 0. The number of amides is 2. The highest BCUT2D eigenvalue weighted by atomic mass is 32.2. The Bertz CT molecular complexity index is 572. The molecule has 1 aromatic heterocycles. The van der Waals surface area contributed by atoms with Crippen LogP contribution >= 0.6 is 23.1 Å². The van der Waals surface area contributed by atoms with E-state index in [0.717, 1.165) is 25.1 Å². The van der Waals surface area contributed by atoms with E-state index in [1.807, 2.05) is 18.7 Å². The predicted octanol–water partition coefficient (Wildman–Crippen LogP) is 2.58. The van der Waals surface area contributed by atoms with Crippen molar-refractivity contribution in [3.63, 3.8) is 0 Å². The molecule has 0 saturated carbocycles. The maximum Gasteiger partial charge on any atom is 0.246 e. The molecule has 3 rings (SSSR count). The molecule has 120 valence electrons. The highest BCUT2D eigenvalue weighted by Crippen LogP contribution is 2.28. The lowest BCUT2D eigenvalue weighted by Crippen LogP contribution is -2.51. The van der Waals surface area contributed by atoms with Gasteiger partial charge in [0, 0.05) is 29.6 Å². The normalized spacial score (nSPS) is 22.5. The molecule has 2 amide bonds. The van der Waals surface area contributed by atoms with Crippen molar-refractivity contribution in [2.24, 2.45) is 5.92 Å². The van der Waals surface area contributed by atoms with Crippen LogP contribution in [-0.2, 0) is 22.6 Å². The van der Waals surface area contributed by atoms with E-state index in [2.05, 4.69) is 11.4 Å². The van der Waals surface area contributed by atoms with Gasteiger partial charge in [0.1, 0.15) is 6.04 Å². The molecule has 2 atom stereocenters. The molecule has 2 aliphatic heterocycles. The smallest absolute Gasteiger partial charge is 0.246 e. The van der Waals surface area contributed by atoms with Gasteiger partial charge in [-0.25, -0.2) is 0 Å². The first-order valence-electron chi connectivity index (χ1n) is 7.84. The van der Waals surface area contributed by atoms with Gasteiger partial charge >= 0.3 is 0 Å². The van der Waals surface area contributed by atoms with Crippen molar-refractivity contribution in [1.82, 2.24) is 9.80 Å². The summed E-state index contributed by atoms with van der Waals surface area (Å²) in [6, 6.07) is 1.84. The molecule has 4 nitrogen and oxygen atoms in total. The van der Waals surface area contributed by atoms with Crippen LogP contribution in [-0.4, -0.2) is 45.8 Å². The van der Waals surface area contributed by atoms with Gasteiger partial charge in [-0.05, 0) is 29.9 Å². The maximum absolute atomic E-state index is 12.9. The molecule has 1 saturated heterocycles. The van der Waals surface area contributed by atoms with Crippen LogP contribution in [0.1, 0.15) is 30.7 Å². The van der Waals surface area contributed by atoms with Crippen LogP contribution in [0.3, 0.4) is 0 Å². The Morgan fingerprint density at radius 2 is 2.27 bits per heavy atom. The Hall–Kier alpha value is -1.01. The minimum absolute atomic E-state index is 0.00108. The first-order chi connectivity index (χ1) is 10.6. The van der Waals surface area contributed by atoms with Crippen LogP contribution in [0.4, 0.5) is 0 Å². The van der Waals surface area contributed by atoms with Crippen molar-refractivity contribution < 1.29 is 9.59 Å². The van der Waals surface area contributed by atoms with Crippen LogP contribution in [0.15, 0.2) is 11.4 Å². The summed E-state index contributed by atoms with van der Waals surface area (Å²) in [7, 11) is 0. The number of hydrogen-bond acceptors (Lipinski definition) is 4. The predicted molar refractivity (Wildman–Crippen MR) is 90.9 cm³/mol. The lowest BCUT2D eigenvalue weighted by atomic mass is 10.1.